The van der Waals surface area contributed by atoms with Gasteiger partial charge in [-0.1, -0.05) is 5.16 Å². The average Bonchev–Trinajstić information content (AvgIpc) is 3.23. The lowest BCUT2D eigenvalue weighted by molar-refractivity contribution is 0.410. The first kappa shape index (κ1) is 15.3. The van der Waals surface area contributed by atoms with E-state index in [2.05, 4.69) is 25.8 Å². The third-order valence-electron chi connectivity index (χ3n) is 3.72. The Balaban J connectivity index is 1.53. The molecule has 1 unspecified atom stereocenters. The van der Waals surface area contributed by atoms with Crippen LogP contribution >= 0.6 is 0 Å². The van der Waals surface area contributed by atoms with Crippen molar-refractivity contribution in [1.82, 2.24) is 20.8 Å². The Labute approximate surface area is 133 Å². The summed E-state index contributed by atoms with van der Waals surface area (Å²) in [5.74, 6) is 0.797. The molecule has 0 spiro atoms. The molecule has 1 saturated heterocycles. The van der Waals surface area contributed by atoms with Crippen LogP contribution in [0.3, 0.4) is 0 Å². The number of aliphatic imine (C=N–C) groups is 1. The normalized spacial score (nSPS) is 18.3. The van der Waals surface area contributed by atoms with Crippen LogP contribution in [0, 0.1) is 5.82 Å². The summed E-state index contributed by atoms with van der Waals surface area (Å²) in [4.78, 5) is 10.3. The number of halogens is 1. The van der Waals surface area contributed by atoms with E-state index in [1.807, 2.05) is 4.90 Å². The van der Waals surface area contributed by atoms with Crippen LogP contribution in [-0.4, -0.2) is 42.3 Å². The van der Waals surface area contributed by atoms with Gasteiger partial charge in [-0.05, 0) is 18.6 Å². The first-order valence-electron chi connectivity index (χ1n) is 7.48. The van der Waals surface area contributed by atoms with Crippen LogP contribution < -0.4 is 15.5 Å². The van der Waals surface area contributed by atoms with Gasteiger partial charge in [0.05, 0.1) is 6.54 Å². The molecule has 23 heavy (non-hydrogen) atoms. The van der Waals surface area contributed by atoms with Gasteiger partial charge in [-0.25, -0.2) is 9.37 Å². The van der Waals surface area contributed by atoms with Gasteiger partial charge in [0, 0.05) is 38.4 Å². The van der Waals surface area contributed by atoms with E-state index in [4.69, 9.17) is 4.52 Å². The number of nitrogens with one attached hydrogen (secondary N) is 2. The quantitative estimate of drug-likeness (QED) is 0.650. The number of nitrogens with zero attached hydrogens (tertiary/aromatic N) is 4. The molecule has 0 aromatic carbocycles. The third kappa shape index (κ3) is 3.77. The van der Waals surface area contributed by atoms with Gasteiger partial charge in [-0.15, -0.1) is 0 Å². The molecule has 2 aromatic rings. The number of aromatic nitrogens is 2. The Hall–Kier alpha value is -2.64. The van der Waals surface area contributed by atoms with Crippen LogP contribution in [0.1, 0.15) is 12.1 Å². The standard InChI is InChI=1S/C15H19FN6O/c1-17-15(19-9-11-5-8-23-21-11)20-12-4-7-22(10-12)14-13(16)3-2-6-18-14/h2-3,5-6,8,12H,4,7,9-10H2,1H3,(H2,17,19,20). The highest BCUT2D eigenvalue weighted by Gasteiger charge is 2.25. The summed E-state index contributed by atoms with van der Waals surface area (Å²) in [7, 11) is 1.71. The molecule has 1 aliphatic rings. The summed E-state index contributed by atoms with van der Waals surface area (Å²) in [6.45, 7) is 1.96. The van der Waals surface area contributed by atoms with E-state index in [1.54, 1.807) is 25.4 Å². The fraction of sp³-hybridized carbons (Fsp3) is 0.400. The molecule has 3 rings (SSSR count). The summed E-state index contributed by atoms with van der Waals surface area (Å²) < 4.78 is 18.6. The second kappa shape index (κ2) is 7.08. The van der Waals surface area contributed by atoms with Gasteiger partial charge in [-0.3, -0.25) is 4.99 Å². The first-order valence-corrected chi connectivity index (χ1v) is 7.48. The predicted molar refractivity (Wildman–Crippen MR) is 84.7 cm³/mol. The Bertz CT molecular complexity index is 660. The highest BCUT2D eigenvalue weighted by atomic mass is 19.1. The molecule has 0 bridgehead atoms. The van der Waals surface area contributed by atoms with E-state index >= 15 is 0 Å². The minimum absolute atomic E-state index is 0.180. The molecule has 0 radical (unpaired) electrons. The Kier molecular flexibility index (Phi) is 4.70. The van der Waals surface area contributed by atoms with Crippen molar-refractivity contribution in [3.05, 3.63) is 42.2 Å². The maximum atomic E-state index is 13.8. The van der Waals surface area contributed by atoms with Crippen LogP contribution in [0.4, 0.5) is 10.2 Å². The lowest BCUT2D eigenvalue weighted by Crippen LogP contribution is -2.44. The van der Waals surface area contributed by atoms with Crippen molar-refractivity contribution < 1.29 is 8.91 Å². The van der Waals surface area contributed by atoms with Crippen molar-refractivity contribution in [2.75, 3.05) is 25.0 Å². The monoisotopic (exact) mass is 318 g/mol. The van der Waals surface area contributed by atoms with Gasteiger partial charge in [-0.2, -0.15) is 0 Å². The minimum Gasteiger partial charge on any atom is -0.364 e. The van der Waals surface area contributed by atoms with Gasteiger partial charge in [0.15, 0.2) is 17.6 Å². The molecule has 2 aromatic heterocycles. The van der Waals surface area contributed by atoms with Crippen LogP contribution in [0.25, 0.3) is 0 Å². The third-order valence-corrected chi connectivity index (χ3v) is 3.72. The molecular weight excluding hydrogens is 299 g/mol. The number of rotatable bonds is 4. The van der Waals surface area contributed by atoms with Crippen molar-refractivity contribution in [1.29, 1.82) is 0 Å². The second-order valence-electron chi connectivity index (χ2n) is 5.30. The molecule has 122 valence electrons. The van der Waals surface area contributed by atoms with Crippen LogP contribution in [0.2, 0.25) is 0 Å². The van der Waals surface area contributed by atoms with E-state index in [-0.39, 0.29) is 11.9 Å². The molecule has 0 saturated carbocycles. The van der Waals surface area contributed by atoms with Crippen molar-refractivity contribution >= 4 is 11.8 Å². The summed E-state index contributed by atoms with van der Waals surface area (Å²) in [5.41, 5.74) is 0.802. The zero-order valence-corrected chi connectivity index (χ0v) is 12.9. The summed E-state index contributed by atoms with van der Waals surface area (Å²) in [6, 6.07) is 5.00. The highest BCUT2D eigenvalue weighted by Crippen LogP contribution is 2.20. The molecule has 0 aliphatic carbocycles. The van der Waals surface area contributed by atoms with E-state index in [9.17, 15) is 4.39 Å². The fourth-order valence-corrected chi connectivity index (χ4v) is 2.57. The lowest BCUT2D eigenvalue weighted by Gasteiger charge is -2.19. The zero-order valence-electron chi connectivity index (χ0n) is 12.9. The van der Waals surface area contributed by atoms with Crippen molar-refractivity contribution in [3.63, 3.8) is 0 Å². The van der Waals surface area contributed by atoms with Crippen molar-refractivity contribution in [2.24, 2.45) is 4.99 Å². The minimum atomic E-state index is -0.290. The highest BCUT2D eigenvalue weighted by molar-refractivity contribution is 5.80. The van der Waals surface area contributed by atoms with Crippen molar-refractivity contribution in [2.45, 2.75) is 19.0 Å². The van der Waals surface area contributed by atoms with E-state index in [0.717, 1.165) is 18.7 Å². The van der Waals surface area contributed by atoms with E-state index < -0.39 is 0 Å². The average molecular weight is 318 g/mol. The Morgan fingerprint density at radius 2 is 2.43 bits per heavy atom. The molecule has 0 amide bonds. The molecule has 7 nitrogen and oxygen atoms in total. The smallest absolute Gasteiger partial charge is 0.191 e. The summed E-state index contributed by atoms with van der Waals surface area (Å²) >= 11 is 0. The molecule has 1 atom stereocenters. The topological polar surface area (TPSA) is 78.6 Å². The Morgan fingerprint density at radius 1 is 1.52 bits per heavy atom. The first-order chi connectivity index (χ1) is 11.3. The van der Waals surface area contributed by atoms with E-state index in [1.165, 1.54) is 12.3 Å². The largest absolute Gasteiger partial charge is 0.364 e. The SMILES string of the molecule is CN=C(NCc1ccon1)NC1CCN(c2ncccc2F)C1. The van der Waals surface area contributed by atoms with Gasteiger partial charge >= 0.3 is 0 Å². The maximum absolute atomic E-state index is 13.8. The van der Waals surface area contributed by atoms with Crippen LogP contribution in [0.15, 0.2) is 40.2 Å². The number of hydrogen-bond acceptors (Lipinski definition) is 5. The summed E-state index contributed by atoms with van der Waals surface area (Å²) in [5, 5.41) is 10.3. The number of pyridine rings is 1. The van der Waals surface area contributed by atoms with E-state index in [0.29, 0.717) is 24.9 Å². The number of guanidine groups is 1. The summed E-state index contributed by atoms with van der Waals surface area (Å²) in [6.07, 6.45) is 4.03. The fourth-order valence-electron chi connectivity index (χ4n) is 2.57. The van der Waals surface area contributed by atoms with Crippen LogP contribution in [0.5, 0.6) is 0 Å². The molecule has 3 heterocycles. The zero-order chi connectivity index (χ0) is 16.1. The molecule has 2 N–H and O–H groups in total. The molecular formula is C15H19FN6O. The predicted octanol–water partition coefficient (Wildman–Crippen LogP) is 1.15. The van der Waals surface area contributed by atoms with Crippen LogP contribution in [-0.2, 0) is 6.54 Å². The molecule has 1 fully saturated rings. The molecule has 8 heteroatoms. The maximum Gasteiger partial charge on any atom is 0.191 e. The second-order valence-corrected chi connectivity index (χ2v) is 5.30. The number of hydrogen-bond donors (Lipinski definition) is 2. The number of anilines is 1. The van der Waals surface area contributed by atoms with Crippen molar-refractivity contribution in [3.8, 4) is 0 Å². The van der Waals surface area contributed by atoms with Gasteiger partial charge in [0.2, 0.25) is 0 Å². The lowest BCUT2D eigenvalue weighted by atomic mass is 10.3. The van der Waals surface area contributed by atoms with Gasteiger partial charge in [0.1, 0.15) is 12.0 Å². The van der Waals surface area contributed by atoms with Gasteiger partial charge in [0.25, 0.3) is 0 Å². The molecule has 1 aliphatic heterocycles. The van der Waals surface area contributed by atoms with Gasteiger partial charge < -0.3 is 20.1 Å². The Morgan fingerprint density at radius 3 is 3.17 bits per heavy atom.